The van der Waals surface area contributed by atoms with Gasteiger partial charge in [-0.05, 0) is 51.1 Å². The maximum atomic E-state index is 4.63. The summed E-state index contributed by atoms with van der Waals surface area (Å²) in [5, 5.41) is 3.37. The summed E-state index contributed by atoms with van der Waals surface area (Å²) in [5.74, 6) is 0. The van der Waals surface area contributed by atoms with E-state index >= 15 is 0 Å². The van der Waals surface area contributed by atoms with Crippen LogP contribution in [-0.4, -0.2) is 12.0 Å². The van der Waals surface area contributed by atoms with E-state index in [9.17, 15) is 0 Å². The van der Waals surface area contributed by atoms with Gasteiger partial charge in [0.25, 0.3) is 0 Å². The summed E-state index contributed by atoms with van der Waals surface area (Å²) in [7, 11) is 1.98. The smallest absolute Gasteiger partial charge is 0.0751 e. The van der Waals surface area contributed by atoms with Gasteiger partial charge < -0.3 is 5.32 Å². The molecule has 1 unspecified atom stereocenters. The van der Waals surface area contributed by atoms with Crippen molar-refractivity contribution in [3.05, 3.63) is 64.5 Å². The van der Waals surface area contributed by atoms with Crippen molar-refractivity contribution in [3.63, 3.8) is 0 Å². The molecule has 1 aromatic heterocycles. The number of benzene rings is 1. The average Bonchev–Trinajstić information content (AvgIpc) is 2.35. The van der Waals surface area contributed by atoms with Crippen molar-refractivity contribution in [2.45, 2.75) is 26.8 Å². The number of aryl methyl sites for hydroxylation is 3. The van der Waals surface area contributed by atoms with Gasteiger partial charge in [0.2, 0.25) is 0 Å². The Kier molecular flexibility index (Phi) is 3.78. The molecule has 0 aliphatic heterocycles. The zero-order valence-corrected chi connectivity index (χ0v) is 11.5. The second-order valence-corrected chi connectivity index (χ2v) is 4.79. The lowest BCUT2D eigenvalue weighted by molar-refractivity contribution is 0.664. The Morgan fingerprint density at radius 2 is 1.83 bits per heavy atom. The van der Waals surface area contributed by atoms with Crippen LogP contribution in [-0.2, 0) is 0 Å². The Balaban J connectivity index is 2.48. The molecule has 0 saturated heterocycles. The van der Waals surface area contributed by atoms with Crippen molar-refractivity contribution in [3.8, 4) is 0 Å². The molecule has 0 saturated carbocycles. The third-order valence-corrected chi connectivity index (χ3v) is 3.24. The monoisotopic (exact) mass is 240 g/mol. The van der Waals surface area contributed by atoms with Gasteiger partial charge in [-0.1, -0.05) is 29.8 Å². The summed E-state index contributed by atoms with van der Waals surface area (Å²) in [6.45, 7) is 6.30. The number of nitrogens with zero attached hydrogens (tertiary/aromatic N) is 1. The second-order valence-electron chi connectivity index (χ2n) is 4.79. The van der Waals surface area contributed by atoms with E-state index in [-0.39, 0.29) is 6.04 Å². The highest BCUT2D eigenvalue weighted by molar-refractivity contribution is 5.37. The molecule has 0 bridgehead atoms. The Morgan fingerprint density at radius 1 is 1.06 bits per heavy atom. The quantitative estimate of drug-likeness (QED) is 0.890. The van der Waals surface area contributed by atoms with E-state index in [0.717, 1.165) is 11.4 Å². The van der Waals surface area contributed by atoms with Crippen molar-refractivity contribution < 1.29 is 0 Å². The maximum absolute atomic E-state index is 4.63. The molecule has 18 heavy (non-hydrogen) atoms. The van der Waals surface area contributed by atoms with Gasteiger partial charge in [-0.15, -0.1) is 0 Å². The van der Waals surface area contributed by atoms with Gasteiger partial charge in [0.15, 0.2) is 0 Å². The van der Waals surface area contributed by atoms with Crippen LogP contribution in [0, 0.1) is 20.8 Å². The third-order valence-electron chi connectivity index (χ3n) is 3.24. The largest absolute Gasteiger partial charge is 0.308 e. The minimum Gasteiger partial charge on any atom is -0.308 e. The maximum Gasteiger partial charge on any atom is 0.0751 e. The first-order valence-electron chi connectivity index (χ1n) is 6.30. The number of pyridine rings is 1. The molecule has 94 valence electrons. The van der Waals surface area contributed by atoms with Crippen LogP contribution in [0.2, 0.25) is 0 Å². The van der Waals surface area contributed by atoms with Gasteiger partial charge >= 0.3 is 0 Å². The molecule has 0 aliphatic carbocycles. The number of aromatic nitrogens is 1. The van der Waals surface area contributed by atoms with Gasteiger partial charge in [0.1, 0.15) is 0 Å². The highest BCUT2D eigenvalue weighted by Gasteiger charge is 2.15. The number of hydrogen-bond acceptors (Lipinski definition) is 2. The van der Waals surface area contributed by atoms with Crippen molar-refractivity contribution in [1.29, 1.82) is 0 Å². The fourth-order valence-electron chi connectivity index (χ4n) is 2.26. The molecule has 1 N–H and O–H groups in total. The van der Waals surface area contributed by atoms with E-state index in [1.807, 2.05) is 20.0 Å². The summed E-state index contributed by atoms with van der Waals surface area (Å²) in [4.78, 5) is 4.63. The van der Waals surface area contributed by atoms with Crippen molar-refractivity contribution in [1.82, 2.24) is 10.3 Å². The highest BCUT2D eigenvalue weighted by Crippen LogP contribution is 2.24. The van der Waals surface area contributed by atoms with E-state index < -0.39 is 0 Å². The predicted molar refractivity (Wildman–Crippen MR) is 75.8 cm³/mol. The van der Waals surface area contributed by atoms with Crippen molar-refractivity contribution in [2.24, 2.45) is 0 Å². The van der Waals surface area contributed by atoms with Crippen LogP contribution in [0.1, 0.15) is 34.1 Å². The van der Waals surface area contributed by atoms with E-state index in [1.165, 1.54) is 16.7 Å². The second kappa shape index (κ2) is 5.32. The molecule has 0 aliphatic rings. The summed E-state index contributed by atoms with van der Waals surface area (Å²) in [6.07, 6.45) is 0. The molecular formula is C16H20N2. The Labute approximate surface area is 109 Å². The van der Waals surface area contributed by atoms with Gasteiger partial charge in [-0.25, -0.2) is 0 Å². The predicted octanol–water partition coefficient (Wildman–Crippen LogP) is 3.32. The third kappa shape index (κ3) is 2.59. The molecule has 2 heteroatoms. The van der Waals surface area contributed by atoms with Gasteiger partial charge in [-0.3, -0.25) is 4.98 Å². The lowest BCUT2D eigenvalue weighted by Crippen LogP contribution is -2.20. The number of nitrogens with one attached hydrogen (secondary N) is 1. The van der Waals surface area contributed by atoms with Crippen LogP contribution < -0.4 is 5.32 Å². The summed E-state index contributed by atoms with van der Waals surface area (Å²) in [6, 6.07) is 12.9. The molecule has 2 aromatic rings. The first kappa shape index (κ1) is 12.8. The molecule has 0 spiro atoms. The lowest BCUT2D eigenvalue weighted by Gasteiger charge is -2.19. The molecule has 1 atom stereocenters. The first-order chi connectivity index (χ1) is 8.61. The molecule has 0 radical (unpaired) electrons. The van der Waals surface area contributed by atoms with Crippen molar-refractivity contribution >= 4 is 0 Å². The van der Waals surface area contributed by atoms with E-state index in [1.54, 1.807) is 0 Å². The Hall–Kier alpha value is -1.67. The minimum atomic E-state index is 0.157. The molecule has 2 nitrogen and oxygen atoms in total. The van der Waals surface area contributed by atoms with Crippen LogP contribution in [0.15, 0.2) is 36.4 Å². The van der Waals surface area contributed by atoms with Gasteiger partial charge in [-0.2, -0.15) is 0 Å². The fourth-order valence-corrected chi connectivity index (χ4v) is 2.26. The average molecular weight is 240 g/mol. The zero-order chi connectivity index (χ0) is 13.1. The van der Waals surface area contributed by atoms with Crippen LogP contribution in [0.4, 0.5) is 0 Å². The topological polar surface area (TPSA) is 24.9 Å². The number of rotatable bonds is 3. The highest BCUT2D eigenvalue weighted by atomic mass is 14.9. The number of hydrogen-bond donors (Lipinski definition) is 1. The lowest BCUT2D eigenvalue weighted by atomic mass is 9.96. The van der Waals surface area contributed by atoms with Crippen LogP contribution in [0.5, 0.6) is 0 Å². The fraction of sp³-hybridized carbons (Fsp3) is 0.312. The zero-order valence-electron chi connectivity index (χ0n) is 11.5. The minimum absolute atomic E-state index is 0.157. The first-order valence-corrected chi connectivity index (χ1v) is 6.30. The van der Waals surface area contributed by atoms with Crippen LogP contribution >= 0.6 is 0 Å². The molecule has 0 amide bonds. The van der Waals surface area contributed by atoms with Crippen LogP contribution in [0.3, 0.4) is 0 Å². The molecule has 2 rings (SSSR count). The van der Waals surface area contributed by atoms with E-state index in [4.69, 9.17) is 0 Å². The molecule has 1 heterocycles. The van der Waals surface area contributed by atoms with E-state index in [2.05, 4.69) is 54.5 Å². The summed E-state index contributed by atoms with van der Waals surface area (Å²) in [5.41, 5.74) is 6.01. The SMILES string of the molecule is CNC(c1cccc(C)n1)c1cc(C)ccc1C. The van der Waals surface area contributed by atoms with Gasteiger partial charge in [0, 0.05) is 5.69 Å². The Morgan fingerprint density at radius 3 is 2.50 bits per heavy atom. The summed E-state index contributed by atoms with van der Waals surface area (Å²) < 4.78 is 0. The summed E-state index contributed by atoms with van der Waals surface area (Å²) >= 11 is 0. The van der Waals surface area contributed by atoms with Gasteiger partial charge in [0.05, 0.1) is 11.7 Å². The molecule has 1 aromatic carbocycles. The standard InChI is InChI=1S/C16H20N2/c1-11-8-9-12(2)14(10-11)16(17-4)15-7-5-6-13(3)18-15/h5-10,16-17H,1-4H3. The molecule has 0 fully saturated rings. The van der Waals surface area contributed by atoms with Crippen LogP contribution in [0.25, 0.3) is 0 Å². The Bertz CT molecular complexity index is 547. The normalized spacial score (nSPS) is 12.4. The molecular weight excluding hydrogens is 220 g/mol. The van der Waals surface area contributed by atoms with E-state index in [0.29, 0.717) is 0 Å². The van der Waals surface area contributed by atoms with Crippen molar-refractivity contribution in [2.75, 3.05) is 7.05 Å².